The summed E-state index contributed by atoms with van der Waals surface area (Å²) in [6, 6.07) is 4.85. The second kappa shape index (κ2) is 8.90. The molecule has 1 aliphatic carbocycles. The summed E-state index contributed by atoms with van der Waals surface area (Å²) in [7, 11) is 0. The van der Waals surface area contributed by atoms with Crippen molar-refractivity contribution in [3.05, 3.63) is 29.3 Å². The van der Waals surface area contributed by atoms with Gasteiger partial charge in [0, 0.05) is 48.8 Å². The molecule has 1 aromatic rings. The SMILES string of the molecule is Cc1cc(C(=O)N2CCSCC2)ccc1NC(=O)CCN1C(=O)NC2(CCCC2)C1=O. The molecule has 1 aromatic carbocycles. The molecule has 4 rings (SSSR count). The van der Waals surface area contributed by atoms with Crippen LogP contribution in [0.25, 0.3) is 0 Å². The molecular weight excluding hydrogens is 416 g/mol. The van der Waals surface area contributed by atoms with Crippen LogP contribution in [0.5, 0.6) is 0 Å². The highest BCUT2D eigenvalue weighted by Gasteiger charge is 2.52. The highest BCUT2D eigenvalue weighted by atomic mass is 32.2. The Morgan fingerprint density at radius 3 is 2.55 bits per heavy atom. The van der Waals surface area contributed by atoms with Crippen LogP contribution in [0, 0.1) is 6.92 Å². The topological polar surface area (TPSA) is 98.8 Å². The maximum absolute atomic E-state index is 12.7. The van der Waals surface area contributed by atoms with Gasteiger partial charge in [-0.3, -0.25) is 19.3 Å². The summed E-state index contributed by atoms with van der Waals surface area (Å²) in [6.07, 6.45) is 3.21. The van der Waals surface area contributed by atoms with Crippen molar-refractivity contribution >= 4 is 41.2 Å². The van der Waals surface area contributed by atoms with Crippen LogP contribution in [0.2, 0.25) is 0 Å². The molecule has 1 spiro atoms. The third-order valence-corrected chi connectivity index (χ3v) is 7.25. The molecule has 3 fully saturated rings. The smallest absolute Gasteiger partial charge is 0.325 e. The molecule has 9 heteroatoms. The van der Waals surface area contributed by atoms with E-state index in [2.05, 4.69) is 10.6 Å². The summed E-state index contributed by atoms with van der Waals surface area (Å²) in [5.74, 6) is 1.44. The first-order valence-electron chi connectivity index (χ1n) is 10.8. The quantitative estimate of drug-likeness (QED) is 0.680. The lowest BCUT2D eigenvalue weighted by Crippen LogP contribution is -2.44. The van der Waals surface area contributed by atoms with Gasteiger partial charge < -0.3 is 15.5 Å². The Morgan fingerprint density at radius 2 is 1.87 bits per heavy atom. The van der Waals surface area contributed by atoms with E-state index in [1.807, 2.05) is 23.6 Å². The van der Waals surface area contributed by atoms with Crippen molar-refractivity contribution in [2.45, 2.75) is 44.6 Å². The molecule has 0 atom stereocenters. The van der Waals surface area contributed by atoms with Gasteiger partial charge in [-0.1, -0.05) is 12.8 Å². The van der Waals surface area contributed by atoms with Crippen LogP contribution >= 0.6 is 11.8 Å². The average Bonchev–Trinajstić information content (AvgIpc) is 3.33. The van der Waals surface area contributed by atoms with Gasteiger partial charge in [-0.2, -0.15) is 11.8 Å². The number of nitrogens with zero attached hydrogens (tertiary/aromatic N) is 2. The van der Waals surface area contributed by atoms with Crippen molar-refractivity contribution in [2.75, 3.05) is 36.5 Å². The number of nitrogens with one attached hydrogen (secondary N) is 2. The van der Waals surface area contributed by atoms with Crippen molar-refractivity contribution < 1.29 is 19.2 Å². The fraction of sp³-hybridized carbons (Fsp3) is 0.545. The summed E-state index contributed by atoms with van der Waals surface area (Å²) in [5.41, 5.74) is 1.29. The van der Waals surface area contributed by atoms with E-state index in [4.69, 9.17) is 0 Å². The summed E-state index contributed by atoms with van der Waals surface area (Å²) in [5, 5.41) is 5.66. The number of hydrogen-bond donors (Lipinski definition) is 2. The standard InChI is InChI=1S/C22H28N4O4S/c1-15-14-16(19(28)25-10-12-31-13-11-25)4-5-17(15)23-18(27)6-9-26-20(29)22(24-21(26)30)7-2-3-8-22/h4-5,14H,2-3,6-13H2,1H3,(H,23,27)(H,24,30). The zero-order valence-corrected chi connectivity index (χ0v) is 18.6. The Kier molecular flexibility index (Phi) is 6.22. The minimum absolute atomic E-state index is 0.0145. The number of amides is 5. The molecule has 0 unspecified atom stereocenters. The fourth-order valence-corrected chi connectivity index (χ4v) is 5.41. The number of rotatable bonds is 5. The first kappa shape index (κ1) is 21.7. The van der Waals surface area contributed by atoms with E-state index in [0.717, 1.165) is 47.9 Å². The molecule has 2 aliphatic heterocycles. The van der Waals surface area contributed by atoms with Crippen molar-refractivity contribution in [3.8, 4) is 0 Å². The van der Waals surface area contributed by atoms with Gasteiger partial charge in [0.25, 0.3) is 11.8 Å². The van der Waals surface area contributed by atoms with Crippen LogP contribution in [0.15, 0.2) is 18.2 Å². The number of carbonyl (C=O) groups excluding carboxylic acids is 4. The van der Waals surface area contributed by atoms with Crippen LogP contribution in [0.1, 0.15) is 48.0 Å². The maximum atomic E-state index is 12.7. The first-order chi connectivity index (χ1) is 14.9. The van der Waals surface area contributed by atoms with Gasteiger partial charge in [0.2, 0.25) is 5.91 Å². The lowest BCUT2D eigenvalue weighted by atomic mass is 9.98. The van der Waals surface area contributed by atoms with E-state index in [1.54, 1.807) is 18.2 Å². The number of urea groups is 1. The van der Waals surface area contributed by atoms with Crippen molar-refractivity contribution in [3.63, 3.8) is 0 Å². The lowest BCUT2D eigenvalue weighted by Gasteiger charge is -2.26. The molecular formula is C22H28N4O4S. The normalized spacial score (nSPS) is 20.3. The summed E-state index contributed by atoms with van der Waals surface area (Å²) >= 11 is 1.85. The molecule has 0 radical (unpaired) electrons. The van der Waals surface area contributed by atoms with Crippen LogP contribution in [0.4, 0.5) is 10.5 Å². The minimum atomic E-state index is -0.750. The van der Waals surface area contributed by atoms with Crippen LogP contribution < -0.4 is 10.6 Å². The van der Waals surface area contributed by atoms with Crippen molar-refractivity contribution in [1.82, 2.24) is 15.1 Å². The number of aryl methyl sites for hydroxylation is 1. The van der Waals surface area contributed by atoms with Gasteiger partial charge in [0.15, 0.2) is 0 Å². The largest absolute Gasteiger partial charge is 0.337 e. The number of carbonyl (C=O) groups is 4. The Bertz CT molecular complexity index is 907. The monoisotopic (exact) mass is 444 g/mol. The molecule has 8 nitrogen and oxygen atoms in total. The van der Waals surface area contributed by atoms with Crippen LogP contribution in [-0.2, 0) is 9.59 Å². The Morgan fingerprint density at radius 1 is 1.16 bits per heavy atom. The molecule has 166 valence electrons. The van der Waals surface area contributed by atoms with Crippen LogP contribution in [0.3, 0.4) is 0 Å². The maximum Gasteiger partial charge on any atom is 0.325 e. The van der Waals surface area contributed by atoms with Crippen molar-refractivity contribution in [1.29, 1.82) is 0 Å². The van der Waals surface area contributed by atoms with E-state index in [-0.39, 0.29) is 30.7 Å². The predicted octanol–water partition coefficient (Wildman–Crippen LogP) is 2.38. The predicted molar refractivity (Wildman–Crippen MR) is 119 cm³/mol. The summed E-state index contributed by atoms with van der Waals surface area (Å²) in [4.78, 5) is 53.0. The number of hydrogen-bond acceptors (Lipinski definition) is 5. The molecule has 2 N–H and O–H groups in total. The number of imide groups is 1. The summed E-state index contributed by atoms with van der Waals surface area (Å²) in [6.45, 7) is 3.41. The highest BCUT2D eigenvalue weighted by Crippen LogP contribution is 2.35. The van der Waals surface area contributed by atoms with E-state index < -0.39 is 11.6 Å². The van der Waals surface area contributed by atoms with E-state index >= 15 is 0 Å². The van der Waals surface area contributed by atoms with E-state index in [9.17, 15) is 19.2 Å². The average molecular weight is 445 g/mol. The molecule has 3 aliphatic rings. The number of benzene rings is 1. The third-order valence-electron chi connectivity index (χ3n) is 6.31. The zero-order valence-electron chi connectivity index (χ0n) is 17.7. The van der Waals surface area contributed by atoms with Crippen molar-refractivity contribution in [2.24, 2.45) is 0 Å². The summed E-state index contributed by atoms with van der Waals surface area (Å²) < 4.78 is 0. The zero-order chi connectivity index (χ0) is 22.0. The Labute approximate surface area is 186 Å². The van der Waals surface area contributed by atoms with Gasteiger partial charge in [-0.15, -0.1) is 0 Å². The fourth-order valence-electron chi connectivity index (χ4n) is 4.51. The van der Waals surface area contributed by atoms with Gasteiger partial charge >= 0.3 is 6.03 Å². The van der Waals surface area contributed by atoms with Gasteiger partial charge in [-0.05, 0) is 43.5 Å². The Balaban J connectivity index is 1.33. The van der Waals surface area contributed by atoms with Gasteiger partial charge in [-0.25, -0.2) is 4.79 Å². The molecule has 0 bridgehead atoms. The van der Waals surface area contributed by atoms with Gasteiger partial charge in [0.1, 0.15) is 5.54 Å². The van der Waals surface area contributed by atoms with E-state index in [0.29, 0.717) is 24.1 Å². The first-order valence-corrected chi connectivity index (χ1v) is 12.0. The van der Waals surface area contributed by atoms with Crippen LogP contribution in [-0.4, -0.2) is 70.2 Å². The van der Waals surface area contributed by atoms with E-state index in [1.165, 1.54) is 0 Å². The Hall–Kier alpha value is -2.55. The molecule has 2 heterocycles. The second-order valence-electron chi connectivity index (χ2n) is 8.41. The second-order valence-corrected chi connectivity index (χ2v) is 9.63. The molecule has 5 amide bonds. The molecule has 2 saturated heterocycles. The lowest BCUT2D eigenvalue weighted by molar-refractivity contribution is -0.131. The number of anilines is 1. The number of thioether (sulfide) groups is 1. The molecule has 31 heavy (non-hydrogen) atoms. The molecule has 0 aromatic heterocycles. The van der Waals surface area contributed by atoms with Gasteiger partial charge in [0.05, 0.1) is 0 Å². The third kappa shape index (κ3) is 4.42. The molecule has 1 saturated carbocycles. The minimum Gasteiger partial charge on any atom is -0.337 e. The highest BCUT2D eigenvalue weighted by molar-refractivity contribution is 7.99.